The molecular formula is C14H30N2. The van der Waals surface area contributed by atoms with E-state index in [-0.39, 0.29) is 0 Å². The minimum absolute atomic E-state index is 0.706. The summed E-state index contributed by atoms with van der Waals surface area (Å²) < 4.78 is 0. The van der Waals surface area contributed by atoms with Crippen LogP contribution in [0.3, 0.4) is 0 Å². The van der Waals surface area contributed by atoms with Gasteiger partial charge in [0.05, 0.1) is 0 Å². The Labute approximate surface area is 102 Å². The Morgan fingerprint density at radius 2 is 2.06 bits per heavy atom. The van der Waals surface area contributed by atoms with Gasteiger partial charge in [-0.15, -0.1) is 0 Å². The maximum atomic E-state index is 3.56. The van der Waals surface area contributed by atoms with E-state index in [0.29, 0.717) is 6.04 Å². The van der Waals surface area contributed by atoms with Gasteiger partial charge in [0, 0.05) is 25.2 Å². The van der Waals surface area contributed by atoms with Gasteiger partial charge in [-0.1, -0.05) is 32.6 Å². The predicted octanol–water partition coefficient (Wildman–Crippen LogP) is 3.03. The van der Waals surface area contributed by atoms with Crippen LogP contribution in [0.2, 0.25) is 0 Å². The highest BCUT2D eigenvalue weighted by Crippen LogP contribution is 2.12. The third kappa shape index (κ3) is 5.31. The van der Waals surface area contributed by atoms with Gasteiger partial charge in [-0.05, 0) is 33.2 Å². The monoisotopic (exact) mass is 226 g/mol. The average Bonchev–Trinajstić information content (AvgIpc) is 2.49. The van der Waals surface area contributed by atoms with Crippen molar-refractivity contribution in [2.45, 2.75) is 71.4 Å². The number of rotatable bonds is 6. The molecule has 1 aliphatic rings. The molecule has 1 fully saturated rings. The summed E-state index contributed by atoms with van der Waals surface area (Å²) in [4.78, 5) is 2.67. The minimum Gasteiger partial charge on any atom is -0.313 e. The average molecular weight is 226 g/mol. The first-order chi connectivity index (χ1) is 7.74. The summed E-state index contributed by atoms with van der Waals surface area (Å²) in [7, 11) is 0. The zero-order chi connectivity index (χ0) is 11.8. The molecule has 0 spiro atoms. The van der Waals surface area contributed by atoms with E-state index in [0.717, 1.165) is 6.04 Å². The van der Waals surface area contributed by atoms with E-state index < -0.39 is 0 Å². The second-order valence-corrected chi connectivity index (χ2v) is 5.38. The van der Waals surface area contributed by atoms with Gasteiger partial charge < -0.3 is 5.32 Å². The zero-order valence-electron chi connectivity index (χ0n) is 11.5. The van der Waals surface area contributed by atoms with Gasteiger partial charge in [0.25, 0.3) is 0 Å². The molecule has 0 saturated carbocycles. The SMILES string of the molecule is CCCCCCC(C)N1CCNC(C)CC1. The van der Waals surface area contributed by atoms with Crippen LogP contribution in [-0.2, 0) is 0 Å². The van der Waals surface area contributed by atoms with Crippen molar-refractivity contribution in [1.82, 2.24) is 10.2 Å². The molecule has 2 heteroatoms. The highest BCUT2D eigenvalue weighted by atomic mass is 15.2. The number of nitrogens with one attached hydrogen (secondary N) is 1. The highest BCUT2D eigenvalue weighted by Gasteiger charge is 2.17. The van der Waals surface area contributed by atoms with Crippen molar-refractivity contribution in [2.24, 2.45) is 0 Å². The van der Waals surface area contributed by atoms with Crippen molar-refractivity contribution in [3.63, 3.8) is 0 Å². The molecule has 16 heavy (non-hydrogen) atoms. The van der Waals surface area contributed by atoms with Crippen LogP contribution in [0.25, 0.3) is 0 Å². The van der Waals surface area contributed by atoms with Crippen LogP contribution >= 0.6 is 0 Å². The first kappa shape index (κ1) is 14.0. The predicted molar refractivity (Wildman–Crippen MR) is 71.9 cm³/mol. The van der Waals surface area contributed by atoms with Crippen LogP contribution in [0.15, 0.2) is 0 Å². The van der Waals surface area contributed by atoms with Gasteiger partial charge in [-0.3, -0.25) is 4.90 Å². The molecule has 1 saturated heterocycles. The highest BCUT2D eigenvalue weighted by molar-refractivity contribution is 4.75. The number of hydrogen-bond acceptors (Lipinski definition) is 2. The van der Waals surface area contributed by atoms with E-state index in [9.17, 15) is 0 Å². The smallest absolute Gasteiger partial charge is 0.0110 e. The Morgan fingerprint density at radius 3 is 2.81 bits per heavy atom. The lowest BCUT2D eigenvalue weighted by molar-refractivity contribution is 0.208. The summed E-state index contributed by atoms with van der Waals surface area (Å²) >= 11 is 0. The molecular weight excluding hydrogens is 196 g/mol. The lowest BCUT2D eigenvalue weighted by atomic mass is 10.1. The lowest BCUT2D eigenvalue weighted by Crippen LogP contribution is -2.36. The molecule has 0 aromatic heterocycles. The summed E-state index contributed by atoms with van der Waals surface area (Å²) in [6, 6.07) is 1.49. The molecule has 96 valence electrons. The van der Waals surface area contributed by atoms with Crippen molar-refractivity contribution < 1.29 is 0 Å². The van der Waals surface area contributed by atoms with Gasteiger partial charge >= 0.3 is 0 Å². The van der Waals surface area contributed by atoms with E-state index in [1.54, 1.807) is 0 Å². The van der Waals surface area contributed by atoms with Crippen molar-refractivity contribution >= 4 is 0 Å². The fourth-order valence-electron chi connectivity index (χ4n) is 2.52. The van der Waals surface area contributed by atoms with Gasteiger partial charge in [0.15, 0.2) is 0 Å². The van der Waals surface area contributed by atoms with Crippen LogP contribution < -0.4 is 5.32 Å². The van der Waals surface area contributed by atoms with E-state index in [1.807, 2.05) is 0 Å². The number of unbranched alkanes of at least 4 members (excludes halogenated alkanes) is 3. The van der Waals surface area contributed by atoms with E-state index in [1.165, 1.54) is 58.2 Å². The van der Waals surface area contributed by atoms with Crippen LogP contribution in [0.4, 0.5) is 0 Å². The molecule has 0 bridgehead atoms. The Kier molecular flexibility index (Phi) is 7.06. The van der Waals surface area contributed by atoms with E-state index in [2.05, 4.69) is 31.0 Å². The van der Waals surface area contributed by atoms with Gasteiger partial charge in [-0.25, -0.2) is 0 Å². The maximum Gasteiger partial charge on any atom is 0.0110 e. The standard InChI is InChI=1S/C14H30N2/c1-4-5-6-7-8-14(3)16-11-9-13(2)15-10-12-16/h13-15H,4-12H2,1-3H3. The summed E-state index contributed by atoms with van der Waals surface area (Å²) in [5.41, 5.74) is 0. The first-order valence-corrected chi connectivity index (χ1v) is 7.21. The fraction of sp³-hybridized carbons (Fsp3) is 1.00. The summed E-state index contributed by atoms with van der Waals surface area (Å²) in [5.74, 6) is 0. The Morgan fingerprint density at radius 1 is 1.25 bits per heavy atom. The van der Waals surface area contributed by atoms with Crippen molar-refractivity contribution in [3.8, 4) is 0 Å². The van der Waals surface area contributed by atoms with Gasteiger partial charge in [0.1, 0.15) is 0 Å². The van der Waals surface area contributed by atoms with Crippen molar-refractivity contribution in [3.05, 3.63) is 0 Å². The minimum atomic E-state index is 0.706. The number of nitrogens with zero attached hydrogens (tertiary/aromatic N) is 1. The first-order valence-electron chi connectivity index (χ1n) is 7.21. The molecule has 2 atom stereocenters. The molecule has 0 amide bonds. The maximum absolute atomic E-state index is 3.56. The third-order valence-electron chi connectivity index (χ3n) is 3.84. The second kappa shape index (κ2) is 8.08. The molecule has 1 aliphatic heterocycles. The molecule has 0 radical (unpaired) electrons. The second-order valence-electron chi connectivity index (χ2n) is 5.38. The summed E-state index contributed by atoms with van der Waals surface area (Å²) in [6.07, 6.45) is 8.27. The Hall–Kier alpha value is -0.0800. The Balaban J connectivity index is 2.16. The lowest BCUT2D eigenvalue weighted by Gasteiger charge is -2.27. The molecule has 1 N–H and O–H groups in total. The quantitative estimate of drug-likeness (QED) is 0.700. The van der Waals surface area contributed by atoms with Crippen molar-refractivity contribution in [1.29, 1.82) is 0 Å². The van der Waals surface area contributed by atoms with Gasteiger partial charge in [0.2, 0.25) is 0 Å². The largest absolute Gasteiger partial charge is 0.313 e. The number of hydrogen-bond donors (Lipinski definition) is 1. The molecule has 2 unspecified atom stereocenters. The molecule has 1 heterocycles. The summed E-state index contributed by atoms with van der Waals surface area (Å²) in [6.45, 7) is 10.7. The molecule has 0 aromatic rings. The molecule has 0 aromatic carbocycles. The fourth-order valence-corrected chi connectivity index (χ4v) is 2.52. The van der Waals surface area contributed by atoms with Crippen LogP contribution in [0, 0.1) is 0 Å². The van der Waals surface area contributed by atoms with E-state index in [4.69, 9.17) is 0 Å². The normalized spacial score (nSPS) is 25.3. The molecule has 0 aliphatic carbocycles. The molecule has 1 rings (SSSR count). The summed E-state index contributed by atoms with van der Waals surface area (Å²) in [5, 5.41) is 3.56. The van der Waals surface area contributed by atoms with Crippen molar-refractivity contribution in [2.75, 3.05) is 19.6 Å². The molecule has 2 nitrogen and oxygen atoms in total. The van der Waals surface area contributed by atoms with Gasteiger partial charge in [-0.2, -0.15) is 0 Å². The Bertz CT molecular complexity index is 170. The van der Waals surface area contributed by atoms with Crippen LogP contribution in [0.1, 0.15) is 59.3 Å². The van der Waals surface area contributed by atoms with Crippen LogP contribution in [-0.4, -0.2) is 36.6 Å². The zero-order valence-corrected chi connectivity index (χ0v) is 11.5. The third-order valence-corrected chi connectivity index (χ3v) is 3.84. The topological polar surface area (TPSA) is 15.3 Å². The van der Waals surface area contributed by atoms with Crippen LogP contribution in [0.5, 0.6) is 0 Å². The van der Waals surface area contributed by atoms with E-state index >= 15 is 0 Å².